The molecule has 2 unspecified atom stereocenters. The van der Waals surface area contributed by atoms with Gasteiger partial charge in [0.05, 0.1) is 9.79 Å². The van der Waals surface area contributed by atoms with Gasteiger partial charge in [-0.25, -0.2) is 16.8 Å². The molecule has 0 amide bonds. The topological polar surface area (TPSA) is 80.3 Å². The highest BCUT2D eigenvalue weighted by molar-refractivity contribution is 8.04. The molecule has 0 fully saturated rings. The third kappa shape index (κ3) is 5.60. The Balaban J connectivity index is 1.90. The zero-order chi connectivity index (χ0) is 32.5. The summed E-state index contributed by atoms with van der Waals surface area (Å²) in [6.45, 7) is 20.6. The standard InChI is InChI=1S/C37H47NO4S2/c1-20(2)26-11-13-30-28(16-26)18-32(22(5)6)36-34(30)24(9)15-25(10)35-31-14-12-27(21(3)4)17-29(31)19-33(23(7)8)37(35)44(41,42)38-43(36,39)40/h11-14,16-25,38H,15H2,1-10H3. The second-order valence-corrected chi connectivity index (χ2v) is 17.6. The summed E-state index contributed by atoms with van der Waals surface area (Å²) in [6.07, 6.45) is 0.593. The van der Waals surface area contributed by atoms with Gasteiger partial charge in [0.1, 0.15) is 0 Å². The van der Waals surface area contributed by atoms with Crippen molar-refractivity contribution in [3.8, 4) is 0 Å². The number of nitrogens with one attached hydrogen (secondary N) is 1. The summed E-state index contributed by atoms with van der Waals surface area (Å²) in [7, 11) is -8.97. The lowest BCUT2D eigenvalue weighted by Crippen LogP contribution is -2.35. The summed E-state index contributed by atoms with van der Waals surface area (Å²) in [4.78, 5) is 0.218. The Kier molecular flexibility index (Phi) is 8.58. The van der Waals surface area contributed by atoms with E-state index in [0.29, 0.717) is 40.5 Å². The molecule has 1 aliphatic rings. The van der Waals surface area contributed by atoms with Crippen LogP contribution in [0.25, 0.3) is 21.5 Å². The van der Waals surface area contributed by atoms with Crippen LogP contribution >= 0.6 is 0 Å². The van der Waals surface area contributed by atoms with Crippen molar-refractivity contribution in [3.05, 3.63) is 81.9 Å². The Morgan fingerprint density at radius 1 is 0.568 bits per heavy atom. The van der Waals surface area contributed by atoms with Crippen LogP contribution < -0.4 is 4.13 Å². The van der Waals surface area contributed by atoms with Gasteiger partial charge >= 0.3 is 0 Å². The Hall–Kier alpha value is -2.74. The lowest BCUT2D eigenvalue weighted by Gasteiger charge is -2.30. The fraction of sp³-hybridized carbons (Fsp3) is 0.459. The van der Waals surface area contributed by atoms with Gasteiger partial charge in [-0.1, -0.05) is 106 Å². The zero-order valence-corrected chi connectivity index (χ0v) is 29.4. The number of hydrogen-bond donors (Lipinski definition) is 1. The molecule has 1 N–H and O–H groups in total. The minimum atomic E-state index is -4.49. The summed E-state index contributed by atoms with van der Waals surface area (Å²) in [5.41, 5.74) is 5.04. The van der Waals surface area contributed by atoms with Crippen molar-refractivity contribution in [1.29, 1.82) is 0 Å². The fourth-order valence-corrected chi connectivity index (χ4v) is 11.3. The number of sulfonamides is 2. The molecule has 2 atom stereocenters. The van der Waals surface area contributed by atoms with Crippen molar-refractivity contribution in [2.45, 2.75) is 121 Å². The first-order valence-corrected chi connectivity index (χ1v) is 18.9. The average Bonchev–Trinajstić information content (AvgIpc) is 2.92. The van der Waals surface area contributed by atoms with Crippen LogP contribution in [-0.4, -0.2) is 16.8 Å². The summed E-state index contributed by atoms with van der Waals surface area (Å²) in [5.74, 6) is 0.0353. The Labute approximate surface area is 264 Å². The minimum absolute atomic E-state index is 0.109. The molecule has 5 rings (SSSR count). The maximum absolute atomic E-state index is 14.5. The van der Waals surface area contributed by atoms with Crippen LogP contribution in [0.1, 0.15) is 145 Å². The molecule has 236 valence electrons. The lowest BCUT2D eigenvalue weighted by molar-refractivity contribution is 0.551. The summed E-state index contributed by atoms with van der Waals surface area (Å²) < 4.78 is 60.2. The molecular formula is C37H47NO4S2. The highest BCUT2D eigenvalue weighted by Crippen LogP contribution is 2.46. The van der Waals surface area contributed by atoms with Gasteiger partial charge in [-0.15, -0.1) is 4.13 Å². The van der Waals surface area contributed by atoms with E-state index in [0.717, 1.165) is 21.5 Å². The number of rotatable bonds is 4. The summed E-state index contributed by atoms with van der Waals surface area (Å²) in [6, 6.07) is 16.4. The van der Waals surface area contributed by atoms with Crippen LogP contribution in [0.3, 0.4) is 0 Å². The van der Waals surface area contributed by atoms with Gasteiger partial charge in [-0.2, -0.15) is 0 Å². The largest absolute Gasteiger partial charge is 0.254 e. The third-order valence-corrected chi connectivity index (χ3v) is 13.1. The predicted molar refractivity (Wildman–Crippen MR) is 183 cm³/mol. The van der Waals surface area contributed by atoms with Crippen LogP contribution in [0.15, 0.2) is 58.3 Å². The van der Waals surface area contributed by atoms with Crippen molar-refractivity contribution in [3.63, 3.8) is 0 Å². The highest BCUT2D eigenvalue weighted by atomic mass is 32.3. The van der Waals surface area contributed by atoms with E-state index >= 15 is 0 Å². The maximum atomic E-state index is 14.5. The van der Waals surface area contributed by atoms with Crippen LogP contribution in [0.5, 0.6) is 0 Å². The van der Waals surface area contributed by atoms with E-state index in [1.807, 2.05) is 52.0 Å². The lowest BCUT2D eigenvalue weighted by atomic mass is 9.80. The van der Waals surface area contributed by atoms with Gasteiger partial charge in [0.25, 0.3) is 20.0 Å². The number of fused-ring (bicyclic) bond motifs is 6. The minimum Gasteiger partial charge on any atom is -0.206 e. The summed E-state index contributed by atoms with van der Waals surface area (Å²) in [5, 5.41) is 3.70. The average molecular weight is 634 g/mol. The van der Waals surface area contributed by atoms with Crippen molar-refractivity contribution in [2.75, 3.05) is 0 Å². The SMILES string of the molecule is CC(C)c1ccc2c3c(c(C(C)C)cc2c1)S(=O)(=O)NS(=O)(=O)c1c(C(C)C)cc2cc(C(C)C)ccc2c1C(C)CC3C. The van der Waals surface area contributed by atoms with Crippen LogP contribution in [-0.2, 0) is 20.0 Å². The van der Waals surface area contributed by atoms with E-state index in [1.54, 1.807) is 0 Å². The highest BCUT2D eigenvalue weighted by Gasteiger charge is 2.38. The first-order chi connectivity index (χ1) is 20.4. The van der Waals surface area contributed by atoms with E-state index in [9.17, 15) is 16.8 Å². The molecule has 0 saturated carbocycles. The van der Waals surface area contributed by atoms with Gasteiger partial charge in [0.2, 0.25) is 0 Å². The van der Waals surface area contributed by atoms with Gasteiger partial charge in [-0.05, 0) is 109 Å². The van der Waals surface area contributed by atoms with Crippen molar-refractivity contribution >= 4 is 41.6 Å². The predicted octanol–water partition coefficient (Wildman–Crippen LogP) is 9.76. The monoisotopic (exact) mass is 633 g/mol. The van der Waals surface area contributed by atoms with Crippen LogP contribution in [0.4, 0.5) is 0 Å². The number of hydrogen-bond acceptors (Lipinski definition) is 4. The molecule has 0 aliphatic carbocycles. The van der Waals surface area contributed by atoms with E-state index in [-0.39, 0.29) is 33.5 Å². The second-order valence-electron chi connectivity index (χ2n) is 14.1. The number of benzene rings is 4. The first-order valence-electron chi connectivity index (χ1n) is 15.9. The molecule has 5 nitrogen and oxygen atoms in total. The Bertz CT molecular complexity index is 1840. The Morgan fingerprint density at radius 3 is 1.25 bits per heavy atom. The molecule has 4 aromatic carbocycles. The van der Waals surface area contributed by atoms with Crippen LogP contribution in [0, 0.1) is 0 Å². The normalized spacial score (nSPS) is 20.0. The molecule has 0 spiro atoms. The maximum Gasteiger partial charge on any atom is 0.254 e. The summed E-state index contributed by atoms with van der Waals surface area (Å²) >= 11 is 0. The first kappa shape index (κ1) is 32.6. The van der Waals surface area contributed by atoms with E-state index < -0.39 is 20.0 Å². The van der Waals surface area contributed by atoms with Crippen molar-refractivity contribution < 1.29 is 16.8 Å². The molecule has 44 heavy (non-hydrogen) atoms. The smallest absolute Gasteiger partial charge is 0.206 e. The molecule has 7 heteroatoms. The second kappa shape index (κ2) is 11.6. The molecule has 0 radical (unpaired) electrons. The van der Waals surface area contributed by atoms with Crippen LogP contribution in [0.2, 0.25) is 0 Å². The van der Waals surface area contributed by atoms with E-state index in [1.165, 1.54) is 11.1 Å². The van der Waals surface area contributed by atoms with Crippen molar-refractivity contribution in [2.24, 2.45) is 0 Å². The molecule has 0 bridgehead atoms. The van der Waals surface area contributed by atoms with Crippen molar-refractivity contribution in [1.82, 2.24) is 4.13 Å². The van der Waals surface area contributed by atoms with Gasteiger partial charge in [-0.3, -0.25) is 0 Å². The van der Waals surface area contributed by atoms with E-state index in [4.69, 9.17) is 0 Å². The molecular weight excluding hydrogens is 587 g/mol. The molecule has 1 heterocycles. The van der Waals surface area contributed by atoms with E-state index in [2.05, 4.69) is 69.9 Å². The van der Waals surface area contributed by atoms with Gasteiger partial charge in [0, 0.05) is 0 Å². The van der Waals surface area contributed by atoms with Gasteiger partial charge < -0.3 is 0 Å². The third-order valence-electron chi connectivity index (χ3n) is 9.39. The molecule has 4 aromatic rings. The quantitative estimate of drug-likeness (QED) is 0.243. The fourth-order valence-electron chi connectivity index (χ4n) is 7.06. The molecule has 1 aliphatic heterocycles. The molecule has 0 saturated heterocycles. The zero-order valence-electron chi connectivity index (χ0n) is 27.7. The van der Waals surface area contributed by atoms with Gasteiger partial charge in [0.15, 0.2) is 0 Å². The molecule has 0 aromatic heterocycles. The Morgan fingerprint density at radius 2 is 0.932 bits per heavy atom.